The lowest BCUT2D eigenvalue weighted by molar-refractivity contribution is 0.623. The monoisotopic (exact) mass is 292 g/mol. The normalized spacial score (nSPS) is 16.9. The molecule has 1 aliphatic heterocycles. The van der Waals surface area contributed by atoms with E-state index in [-0.39, 0.29) is 11.6 Å². The second-order valence-electron chi connectivity index (χ2n) is 4.89. The van der Waals surface area contributed by atoms with Gasteiger partial charge in [0.1, 0.15) is 0 Å². The number of hydrogen-bond donors (Lipinski definition) is 0. The number of allylic oxidation sites excluding steroid dienone is 1. The van der Waals surface area contributed by atoms with Gasteiger partial charge in [0.05, 0.1) is 16.9 Å². The number of hydrogen-bond acceptors (Lipinski definition) is 3. The molecule has 3 nitrogen and oxygen atoms in total. The minimum atomic E-state index is -0.161. The summed E-state index contributed by atoms with van der Waals surface area (Å²) in [5, 5.41) is 3.42. The van der Waals surface area contributed by atoms with Gasteiger partial charge in [-0.2, -0.15) is 4.98 Å². The molecule has 0 saturated heterocycles. The summed E-state index contributed by atoms with van der Waals surface area (Å²) in [5.41, 5.74) is 1.95. The van der Waals surface area contributed by atoms with Crippen LogP contribution in [0, 0.1) is 0 Å². The zero-order chi connectivity index (χ0) is 14.2. The molecule has 4 heteroatoms. The molecule has 1 aromatic heterocycles. The van der Waals surface area contributed by atoms with E-state index in [1.54, 1.807) is 0 Å². The van der Waals surface area contributed by atoms with Crippen molar-refractivity contribution in [1.82, 2.24) is 9.55 Å². The molecule has 2 aromatic carbocycles. The minimum absolute atomic E-state index is 0.0699. The molecule has 0 radical (unpaired) electrons. The van der Waals surface area contributed by atoms with Crippen molar-refractivity contribution in [3.05, 3.63) is 82.0 Å². The van der Waals surface area contributed by atoms with Crippen LogP contribution in [0.15, 0.2) is 76.0 Å². The molecule has 0 bridgehead atoms. The SMILES string of the molecule is O=c1nc2n(c3ccccc13)[C@H](c1ccccc1)C=CS2. The molecule has 0 saturated carbocycles. The van der Waals surface area contributed by atoms with Gasteiger partial charge in [-0.25, -0.2) is 0 Å². The summed E-state index contributed by atoms with van der Waals surface area (Å²) in [5.74, 6) is 0. The summed E-state index contributed by atoms with van der Waals surface area (Å²) in [6.45, 7) is 0. The van der Waals surface area contributed by atoms with E-state index in [4.69, 9.17) is 0 Å². The number of rotatable bonds is 1. The van der Waals surface area contributed by atoms with Crippen molar-refractivity contribution in [3.8, 4) is 0 Å². The van der Waals surface area contributed by atoms with Gasteiger partial charge in [0, 0.05) is 0 Å². The average molecular weight is 292 g/mol. The van der Waals surface area contributed by atoms with Crippen molar-refractivity contribution in [3.63, 3.8) is 0 Å². The molecule has 0 fully saturated rings. The molecular formula is C17H12N2OS. The first-order chi connectivity index (χ1) is 10.3. The minimum Gasteiger partial charge on any atom is -0.309 e. The van der Waals surface area contributed by atoms with Crippen molar-refractivity contribution in [1.29, 1.82) is 0 Å². The van der Waals surface area contributed by atoms with Crippen LogP contribution in [-0.4, -0.2) is 9.55 Å². The number of para-hydroxylation sites is 1. The van der Waals surface area contributed by atoms with Gasteiger partial charge in [0.15, 0.2) is 5.16 Å². The fourth-order valence-corrected chi connectivity index (χ4v) is 3.50. The molecule has 21 heavy (non-hydrogen) atoms. The van der Waals surface area contributed by atoms with Crippen molar-refractivity contribution in [2.75, 3.05) is 0 Å². The van der Waals surface area contributed by atoms with E-state index in [1.807, 2.05) is 47.9 Å². The Bertz CT molecular complexity index is 900. The smallest absolute Gasteiger partial charge is 0.281 e. The van der Waals surface area contributed by atoms with Gasteiger partial charge in [-0.3, -0.25) is 4.79 Å². The second-order valence-corrected chi connectivity index (χ2v) is 5.76. The standard InChI is InChI=1S/C17H12N2OS/c20-16-13-8-4-5-9-15(13)19-14(10-11-21-17(19)18-16)12-6-2-1-3-7-12/h1-11,14H/t14-/m0/s1. The molecule has 3 aromatic rings. The third-order valence-electron chi connectivity index (χ3n) is 3.65. The van der Waals surface area contributed by atoms with E-state index in [0.717, 1.165) is 10.7 Å². The van der Waals surface area contributed by atoms with E-state index in [0.29, 0.717) is 5.39 Å². The highest BCUT2D eigenvalue weighted by Gasteiger charge is 2.21. The quantitative estimate of drug-likeness (QED) is 0.643. The highest BCUT2D eigenvalue weighted by Crippen LogP contribution is 2.34. The van der Waals surface area contributed by atoms with Gasteiger partial charge in [0.25, 0.3) is 5.56 Å². The Hall–Kier alpha value is -2.33. The zero-order valence-electron chi connectivity index (χ0n) is 11.1. The number of nitrogens with zero attached hydrogens (tertiary/aromatic N) is 2. The van der Waals surface area contributed by atoms with Crippen molar-refractivity contribution in [2.24, 2.45) is 0 Å². The number of benzene rings is 2. The fraction of sp³-hybridized carbons (Fsp3) is 0.0588. The molecule has 102 valence electrons. The first-order valence-corrected chi connectivity index (χ1v) is 7.62. The molecular weight excluding hydrogens is 280 g/mol. The van der Waals surface area contributed by atoms with E-state index in [9.17, 15) is 4.79 Å². The summed E-state index contributed by atoms with van der Waals surface area (Å²) in [4.78, 5) is 16.4. The Balaban J connectivity index is 2.05. The molecule has 0 unspecified atom stereocenters. The zero-order valence-corrected chi connectivity index (χ0v) is 12.0. The lowest BCUT2D eigenvalue weighted by Crippen LogP contribution is -2.21. The average Bonchev–Trinajstić information content (AvgIpc) is 2.55. The van der Waals surface area contributed by atoms with Crippen LogP contribution in [0.4, 0.5) is 0 Å². The van der Waals surface area contributed by atoms with Gasteiger partial charge < -0.3 is 4.57 Å². The Labute approximate surface area is 126 Å². The lowest BCUT2D eigenvalue weighted by atomic mass is 10.1. The first-order valence-electron chi connectivity index (χ1n) is 6.74. The Morgan fingerprint density at radius 1 is 1.00 bits per heavy atom. The van der Waals surface area contributed by atoms with Gasteiger partial charge in [-0.15, -0.1) is 0 Å². The van der Waals surface area contributed by atoms with Crippen molar-refractivity contribution >= 4 is 22.7 Å². The van der Waals surface area contributed by atoms with Gasteiger partial charge in [0.2, 0.25) is 0 Å². The predicted molar refractivity (Wildman–Crippen MR) is 85.6 cm³/mol. The Morgan fingerprint density at radius 3 is 2.62 bits per heavy atom. The van der Waals surface area contributed by atoms with Crippen LogP contribution in [0.5, 0.6) is 0 Å². The maximum Gasteiger partial charge on any atom is 0.281 e. The van der Waals surface area contributed by atoms with E-state index in [1.165, 1.54) is 17.3 Å². The molecule has 4 rings (SSSR count). The number of aromatic nitrogens is 2. The summed E-state index contributed by atoms with van der Waals surface area (Å²) in [6.07, 6.45) is 2.14. The Morgan fingerprint density at radius 2 is 1.76 bits per heavy atom. The van der Waals surface area contributed by atoms with Crippen LogP contribution in [0.1, 0.15) is 11.6 Å². The largest absolute Gasteiger partial charge is 0.309 e. The molecule has 0 N–H and O–H groups in total. The highest BCUT2D eigenvalue weighted by atomic mass is 32.2. The second kappa shape index (κ2) is 4.90. The molecule has 0 spiro atoms. The highest BCUT2D eigenvalue weighted by molar-refractivity contribution is 8.02. The summed E-state index contributed by atoms with van der Waals surface area (Å²) in [7, 11) is 0. The Kier molecular flexibility index (Phi) is 2.89. The van der Waals surface area contributed by atoms with Crippen LogP contribution < -0.4 is 5.56 Å². The first kappa shape index (κ1) is 12.4. The third kappa shape index (κ3) is 1.99. The molecule has 0 aliphatic carbocycles. The fourth-order valence-electron chi connectivity index (χ4n) is 2.69. The van der Waals surface area contributed by atoms with Crippen LogP contribution in [0.3, 0.4) is 0 Å². The molecule has 1 aliphatic rings. The van der Waals surface area contributed by atoms with Crippen molar-refractivity contribution < 1.29 is 0 Å². The van der Waals surface area contributed by atoms with Gasteiger partial charge in [-0.05, 0) is 23.1 Å². The maximum atomic E-state index is 12.1. The summed E-state index contributed by atoms with van der Waals surface area (Å²) < 4.78 is 2.14. The maximum absolute atomic E-state index is 12.1. The lowest BCUT2D eigenvalue weighted by Gasteiger charge is -2.25. The topological polar surface area (TPSA) is 34.9 Å². The predicted octanol–water partition coefficient (Wildman–Crippen LogP) is 3.61. The van der Waals surface area contributed by atoms with E-state index in [2.05, 4.69) is 27.8 Å². The summed E-state index contributed by atoms with van der Waals surface area (Å²) in [6, 6.07) is 18.0. The van der Waals surface area contributed by atoms with Crippen LogP contribution in [0.2, 0.25) is 0 Å². The van der Waals surface area contributed by atoms with Crippen molar-refractivity contribution in [2.45, 2.75) is 11.2 Å². The van der Waals surface area contributed by atoms with E-state index >= 15 is 0 Å². The van der Waals surface area contributed by atoms with Crippen LogP contribution in [-0.2, 0) is 0 Å². The van der Waals surface area contributed by atoms with Crippen LogP contribution in [0.25, 0.3) is 10.9 Å². The van der Waals surface area contributed by atoms with Gasteiger partial charge >= 0.3 is 0 Å². The molecule has 0 amide bonds. The number of thioether (sulfide) groups is 1. The molecule has 1 atom stereocenters. The molecule has 2 heterocycles. The van der Waals surface area contributed by atoms with Crippen LogP contribution >= 0.6 is 11.8 Å². The summed E-state index contributed by atoms with van der Waals surface area (Å²) >= 11 is 1.49. The van der Waals surface area contributed by atoms with Gasteiger partial charge in [-0.1, -0.05) is 60.3 Å². The third-order valence-corrected chi connectivity index (χ3v) is 4.44. The van der Waals surface area contributed by atoms with E-state index < -0.39 is 0 Å². The number of fused-ring (bicyclic) bond motifs is 3.